The van der Waals surface area contributed by atoms with Gasteiger partial charge in [0.25, 0.3) is 0 Å². The standard InChI is InChI=1S/C13H21NO6/c1-5-19-10(15)7-8-6-9(11(16)17)14(8)12(18)20-13(2,3)4/h8-9H,5-7H2,1-4H3,(H,16,17). The quantitative estimate of drug-likeness (QED) is 0.786. The SMILES string of the molecule is CCOC(=O)CC1CC(C(=O)O)N1C(=O)OC(C)(C)C. The maximum Gasteiger partial charge on any atom is 0.411 e. The monoisotopic (exact) mass is 287 g/mol. The highest BCUT2D eigenvalue weighted by atomic mass is 16.6. The molecule has 1 amide bonds. The average Bonchev–Trinajstić information content (AvgIpc) is 2.20. The molecule has 0 aromatic heterocycles. The number of carbonyl (C=O) groups excluding carboxylic acids is 2. The summed E-state index contributed by atoms with van der Waals surface area (Å²) >= 11 is 0. The summed E-state index contributed by atoms with van der Waals surface area (Å²) in [5.74, 6) is -1.55. The summed E-state index contributed by atoms with van der Waals surface area (Å²) in [6.07, 6.45) is -0.505. The van der Waals surface area contributed by atoms with E-state index in [9.17, 15) is 14.4 Å². The van der Waals surface area contributed by atoms with E-state index in [-0.39, 0.29) is 19.4 Å². The number of likely N-dealkylation sites (tertiary alicyclic amines) is 1. The van der Waals surface area contributed by atoms with Crippen molar-refractivity contribution in [1.82, 2.24) is 4.90 Å². The van der Waals surface area contributed by atoms with Gasteiger partial charge < -0.3 is 14.6 Å². The number of carboxylic acids is 1. The number of amides is 1. The number of carboxylic acid groups (broad SMARTS) is 1. The summed E-state index contributed by atoms with van der Waals surface area (Å²) in [5, 5.41) is 9.04. The Morgan fingerprint density at radius 1 is 1.30 bits per heavy atom. The maximum atomic E-state index is 12.0. The van der Waals surface area contributed by atoms with Crippen LogP contribution in [0.2, 0.25) is 0 Å². The fraction of sp³-hybridized carbons (Fsp3) is 0.769. The van der Waals surface area contributed by atoms with E-state index in [0.29, 0.717) is 0 Å². The molecular weight excluding hydrogens is 266 g/mol. The van der Waals surface area contributed by atoms with Crippen molar-refractivity contribution >= 4 is 18.0 Å². The smallest absolute Gasteiger partial charge is 0.411 e. The zero-order chi connectivity index (χ0) is 15.5. The molecule has 0 aromatic rings. The molecule has 1 aliphatic rings. The average molecular weight is 287 g/mol. The molecule has 0 saturated carbocycles. The van der Waals surface area contributed by atoms with Gasteiger partial charge in [0.05, 0.1) is 13.0 Å². The summed E-state index contributed by atoms with van der Waals surface area (Å²) in [7, 11) is 0. The third-order valence-electron chi connectivity index (χ3n) is 2.82. The van der Waals surface area contributed by atoms with Gasteiger partial charge in [0.2, 0.25) is 0 Å². The van der Waals surface area contributed by atoms with E-state index in [2.05, 4.69) is 0 Å². The van der Waals surface area contributed by atoms with Crippen LogP contribution in [0.4, 0.5) is 4.79 Å². The first-order valence-corrected chi connectivity index (χ1v) is 6.55. The van der Waals surface area contributed by atoms with Crippen LogP contribution in [0.5, 0.6) is 0 Å². The molecule has 0 radical (unpaired) electrons. The molecule has 7 nitrogen and oxygen atoms in total. The molecule has 0 aromatic carbocycles. The van der Waals surface area contributed by atoms with E-state index in [4.69, 9.17) is 14.6 Å². The Morgan fingerprint density at radius 2 is 1.90 bits per heavy atom. The Kier molecular flexibility index (Phi) is 4.97. The first kappa shape index (κ1) is 16.3. The predicted octanol–water partition coefficient (Wildman–Crippen LogP) is 1.40. The lowest BCUT2D eigenvalue weighted by molar-refractivity contribution is -0.156. The number of carbonyl (C=O) groups is 3. The molecule has 2 atom stereocenters. The van der Waals surface area contributed by atoms with Gasteiger partial charge in [-0.3, -0.25) is 9.69 Å². The van der Waals surface area contributed by atoms with Crippen molar-refractivity contribution in [1.29, 1.82) is 0 Å². The summed E-state index contributed by atoms with van der Waals surface area (Å²) in [6, 6.07) is -1.42. The van der Waals surface area contributed by atoms with Crippen molar-refractivity contribution in [2.45, 2.75) is 58.2 Å². The Labute approximate surface area is 117 Å². The van der Waals surface area contributed by atoms with E-state index in [1.54, 1.807) is 27.7 Å². The molecular formula is C13H21NO6. The zero-order valence-corrected chi connectivity index (χ0v) is 12.2. The fourth-order valence-electron chi connectivity index (χ4n) is 2.01. The minimum absolute atomic E-state index is 0.0170. The van der Waals surface area contributed by atoms with Crippen LogP contribution < -0.4 is 0 Å². The van der Waals surface area contributed by atoms with Crippen LogP contribution in [0.1, 0.15) is 40.5 Å². The molecule has 2 unspecified atom stereocenters. The van der Waals surface area contributed by atoms with Crippen LogP contribution in [0.3, 0.4) is 0 Å². The van der Waals surface area contributed by atoms with Gasteiger partial charge in [0.15, 0.2) is 0 Å². The van der Waals surface area contributed by atoms with Crippen molar-refractivity contribution in [3.05, 3.63) is 0 Å². The summed E-state index contributed by atoms with van der Waals surface area (Å²) in [6.45, 7) is 7.02. The third kappa shape index (κ3) is 4.11. The van der Waals surface area contributed by atoms with Gasteiger partial charge in [-0.25, -0.2) is 9.59 Å². The van der Waals surface area contributed by atoms with Crippen molar-refractivity contribution in [3.8, 4) is 0 Å². The Morgan fingerprint density at radius 3 is 2.35 bits per heavy atom. The van der Waals surface area contributed by atoms with Crippen LogP contribution in [0.15, 0.2) is 0 Å². The van der Waals surface area contributed by atoms with Gasteiger partial charge in [-0.05, 0) is 34.1 Å². The molecule has 1 heterocycles. The van der Waals surface area contributed by atoms with Crippen molar-refractivity contribution in [3.63, 3.8) is 0 Å². The molecule has 0 aliphatic carbocycles. The van der Waals surface area contributed by atoms with Gasteiger partial charge in [-0.1, -0.05) is 0 Å². The van der Waals surface area contributed by atoms with E-state index < -0.39 is 35.7 Å². The number of hydrogen-bond donors (Lipinski definition) is 1. The van der Waals surface area contributed by atoms with Gasteiger partial charge in [0.1, 0.15) is 11.6 Å². The van der Waals surface area contributed by atoms with Crippen molar-refractivity contribution in [2.24, 2.45) is 0 Å². The lowest BCUT2D eigenvalue weighted by Crippen LogP contribution is -2.63. The predicted molar refractivity (Wildman–Crippen MR) is 69.2 cm³/mol. The normalized spacial score (nSPS) is 21.9. The molecule has 1 aliphatic heterocycles. The highest BCUT2D eigenvalue weighted by Crippen LogP contribution is 2.30. The van der Waals surface area contributed by atoms with E-state index in [1.165, 1.54) is 0 Å². The summed E-state index contributed by atoms with van der Waals surface area (Å²) in [4.78, 5) is 35.6. The van der Waals surface area contributed by atoms with Gasteiger partial charge in [-0.15, -0.1) is 0 Å². The van der Waals surface area contributed by atoms with Crippen LogP contribution in [-0.4, -0.2) is 52.3 Å². The highest BCUT2D eigenvalue weighted by molar-refractivity contribution is 5.83. The van der Waals surface area contributed by atoms with Crippen molar-refractivity contribution < 1.29 is 29.0 Å². The first-order chi connectivity index (χ1) is 9.15. The van der Waals surface area contributed by atoms with E-state index in [0.717, 1.165) is 4.90 Å². The van der Waals surface area contributed by atoms with Gasteiger partial charge in [-0.2, -0.15) is 0 Å². The topological polar surface area (TPSA) is 93.1 Å². The molecule has 1 rings (SSSR count). The van der Waals surface area contributed by atoms with Crippen LogP contribution in [-0.2, 0) is 19.1 Å². The third-order valence-corrected chi connectivity index (χ3v) is 2.82. The Balaban J connectivity index is 2.71. The second-order valence-corrected chi connectivity index (χ2v) is 5.64. The lowest BCUT2D eigenvalue weighted by atomic mass is 9.91. The number of rotatable bonds is 4. The highest BCUT2D eigenvalue weighted by Gasteiger charge is 2.48. The van der Waals surface area contributed by atoms with Crippen LogP contribution >= 0.6 is 0 Å². The first-order valence-electron chi connectivity index (χ1n) is 6.55. The summed E-state index contributed by atoms with van der Waals surface area (Å²) in [5.41, 5.74) is -0.718. The van der Waals surface area contributed by atoms with Crippen molar-refractivity contribution in [2.75, 3.05) is 6.61 Å². The fourth-order valence-corrected chi connectivity index (χ4v) is 2.01. The minimum atomic E-state index is -1.10. The second-order valence-electron chi connectivity index (χ2n) is 5.64. The molecule has 0 spiro atoms. The number of nitrogens with zero attached hydrogens (tertiary/aromatic N) is 1. The molecule has 20 heavy (non-hydrogen) atoms. The Hall–Kier alpha value is -1.79. The molecule has 1 fully saturated rings. The molecule has 114 valence electrons. The van der Waals surface area contributed by atoms with Gasteiger partial charge >= 0.3 is 18.0 Å². The number of hydrogen-bond acceptors (Lipinski definition) is 5. The van der Waals surface area contributed by atoms with E-state index in [1.807, 2.05) is 0 Å². The zero-order valence-electron chi connectivity index (χ0n) is 12.2. The van der Waals surface area contributed by atoms with Crippen LogP contribution in [0, 0.1) is 0 Å². The largest absolute Gasteiger partial charge is 0.480 e. The molecule has 1 N–H and O–H groups in total. The maximum absolute atomic E-state index is 12.0. The summed E-state index contributed by atoms with van der Waals surface area (Å²) < 4.78 is 9.97. The van der Waals surface area contributed by atoms with E-state index >= 15 is 0 Å². The molecule has 0 bridgehead atoms. The van der Waals surface area contributed by atoms with Gasteiger partial charge in [0, 0.05) is 6.04 Å². The van der Waals surface area contributed by atoms with Crippen LogP contribution in [0.25, 0.3) is 0 Å². The number of aliphatic carboxylic acids is 1. The minimum Gasteiger partial charge on any atom is -0.480 e. The Bertz CT molecular complexity index is 400. The molecule has 1 saturated heterocycles. The number of ether oxygens (including phenoxy) is 2. The molecule has 7 heteroatoms. The lowest BCUT2D eigenvalue weighted by Gasteiger charge is -2.45. The second kappa shape index (κ2) is 6.11. The number of esters is 1.